The number of carbonyl (C=O) groups is 1. The van der Waals surface area contributed by atoms with Crippen molar-refractivity contribution >= 4 is 21.8 Å². The summed E-state index contributed by atoms with van der Waals surface area (Å²) in [4.78, 5) is 17.6. The summed E-state index contributed by atoms with van der Waals surface area (Å²) in [6.07, 6.45) is 4.25. The molecule has 0 unspecified atom stereocenters. The van der Waals surface area contributed by atoms with Crippen LogP contribution in [0.1, 0.15) is 50.3 Å². The van der Waals surface area contributed by atoms with Gasteiger partial charge in [0.15, 0.2) is 5.82 Å². The number of benzene rings is 1. The Morgan fingerprint density at radius 2 is 2.03 bits per heavy atom. The van der Waals surface area contributed by atoms with Gasteiger partial charge in [-0.15, -0.1) is 10.2 Å². The number of aliphatic imine (C=N–C) groups is 1. The van der Waals surface area contributed by atoms with Crippen LogP contribution in [0, 0.1) is 5.92 Å². The van der Waals surface area contributed by atoms with Gasteiger partial charge < -0.3 is 9.88 Å². The second kappa shape index (κ2) is 8.17. The summed E-state index contributed by atoms with van der Waals surface area (Å²) in [6.45, 7) is 4.89. The van der Waals surface area contributed by atoms with Crippen LogP contribution >= 0.6 is 0 Å². The average Bonchev–Trinajstić information content (AvgIpc) is 3.10. The average molecular weight is 431 g/mol. The fourth-order valence-electron chi connectivity index (χ4n) is 3.83. The van der Waals surface area contributed by atoms with Crippen LogP contribution in [0.5, 0.6) is 0 Å². The lowest BCUT2D eigenvalue weighted by atomic mass is 10.0. The topological polar surface area (TPSA) is 118 Å². The summed E-state index contributed by atoms with van der Waals surface area (Å²) in [5.41, 5.74) is 0.485. The zero-order valence-corrected chi connectivity index (χ0v) is 17.9. The third-order valence-electron chi connectivity index (χ3n) is 5.44. The number of aryl methyl sites for hydroxylation is 1. The molecule has 0 fully saturated rings. The summed E-state index contributed by atoms with van der Waals surface area (Å²) in [5.74, 6) is 1.52. The maximum absolute atomic E-state index is 12.9. The Labute approximate surface area is 176 Å². The molecular weight excluding hydrogens is 404 g/mol. The second-order valence-electron chi connectivity index (χ2n) is 7.98. The Bertz CT molecular complexity index is 1090. The number of sulfonamides is 1. The highest BCUT2D eigenvalue weighted by atomic mass is 32.2. The maximum Gasteiger partial charge on any atom is 0.263 e. The molecule has 3 heterocycles. The normalized spacial score (nSPS) is 19.6. The number of hydrogen-bond acceptors (Lipinski definition) is 6. The molecule has 160 valence electrons. The van der Waals surface area contributed by atoms with Gasteiger partial charge in [0.1, 0.15) is 17.7 Å². The van der Waals surface area contributed by atoms with E-state index in [-0.39, 0.29) is 29.1 Å². The molecule has 2 N–H and O–H groups in total. The van der Waals surface area contributed by atoms with E-state index < -0.39 is 16.1 Å². The molecule has 2 aliphatic rings. The Kier molecular flexibility index (Phi) is 5.59. The Hall–Kier alpha value is -2.75. The van der Waals surface area contributed by atoms with E-state index in [4.69, 9.17) is 0 Å². The van der Waals surface area contributed by atoms with Gasteiger partial charge >= 0.3 is 0 Å². The van der Waals surface area contributed by atoms with Crippen LogP contribution in [-0.2, 0) is 34.3 Å². The SMILES string of the molecule is CC(C)[C@H](N=C1NS(=O)(=O)c2ccccc21)C(=O)NCc1nnc2n1CCCCC2. The van der Waals surface area contributed by atoms with Gasteiger partial charge in [-0.3, -0.25) is 14.5 Å². The summed E-state index contributed by atoms with van der Waals surface area (Å²) in [7, 11) is -3.65. The van der Waals surface area contributed by atoms with Crippen molar-refractivity contribution in [2.75, 3.05) is 0 Å². The molecule has 1 aromatic heterocycles. The maximum atomic E-state index is 12.9. The van der Waals surface area contributed by atoms with E-state index in [1.54, 1.807) is 18.2 Å². The third kappa shape index (κ3) is 3.96. The molecule has 10 heteroatoms. The molecule has 0 saturated carbocycles. The fourth-order valence-corrected chi connectivity index (χ4v) is 5.07. The standard InChI is InChI=1S/C20H26N6O3S/c1-13(2)18(22-19-14-8-5-6-9-15(14)30(28,29)25-19)20(27)21-12-17-24-23-16-10-4-3-7-11-26(16)17/h5-6,8-9,13,18H,3-4,7,10-12H2,1-2H3,(H,21,27)(H,22,25)/t18-/m0/s1. The van der Waals surface area contributed by atoms with Crippen molar-refractivity contribution in [2.24, 2.45) is 10.9 Å². The summed E-state index contributed by atoms with van der Waals surface area (Å²) >= 11 is 0. The number of rotatable bonds is 5. The van der Waals surface area contributed by atoms with Crippen LogP contribution in [0.4, 0.5) is 0 Å². The highest BCUT2D eigenvalue weighted by Crippen LogP contribution is 2.23. The first kappa shape index (κ1) is 20.5. The quantitative estimate of drug-likeness (QED) is 0.743. The van der Waals surface area contributed by atoms with Crippen molar-refractivity contribution < 1.29 is 13.2 Å². The van der Waals surface area contributed by atoms with Gasteiger partial charge in [-0.2, -0.15) is 0 Å². The Morgan fingerprint density at radius 1 is 1.23 bits per heavy atom. The van der Waals surface area contributed by atoms with Gasteiger partial charge in [0.05, 0.1) is 11.4 Å². The molecule has 0 saturated heterocycles. The fraction of sp³-hybridized carbons (Fsp3) is 0.500. The van der Waals surface area contributed by atoms with Gasteiger partial charge in [-0.25, -0.2) is 8.42 Å². The molecule has 1 aromatic carbocycles. The minimum absolute atomic E-state index is 0.120. The van der Waals surface area contributed by atoms with Crippen LogP contribution in [0.25, 0.3) is 0 Å². The molecule has 30 heavy (non-hydrogen) atoms. The van der Waals surface area contributed by atoms with E-state index >= 15 is 0 Å². The second-order valence-corrected chi connectivity index (χ2v) is 9.63. The van der Waals surface area contributed by atoms with E-state index in [0.717, 1.165) is 37.5 Å². The molecule has 0 bridgehead atoms. The Morgan fingerprint density at radius 3 is 2.83 bits per heavy atom. The van der Waals surface area contributed by atoms with Crippen LogP contribution in [0.15, 0.2) is 34.2 Å². The molecule has 4 rings (SSSR count). The van der Waals surface area contributed by atoms with Gasteiger partial charge in [0.25, 0.3) is 10.0 Å². The number of amides is 1. The van der Waals surface area contributed by atoms with Crippen LogP contribution < -0.4 is 10.0 Å². The minimum atomic E-state index is -3.65. The van der Waals surface area contributed by atoms with Crippen LogP contribution in [0.2, 0.25) is 0 Å². The highest BCUT2D eigenvalue weighted by Gasteiger charge is 2.32. The highest BCUT2D eigenvalue weighted by molar-refractivity contribution is 7.90. The summed E-state index contributed by atoms with van der Waals surface area (Å²) in [6, 6.07) is 5.89. The first-order chi connectivity index (χ1) is 14.4. The lowest BCUT2D eigenvalue weighted by Gasteiger charge is -2.17. The van der Waals surface area contributed by atoms with Crippen molar-refractivity contribution in [3.05, 3.63) is 41.5 Å². The Balaban J connectivity index is 1.52. The van der Waals surface area contributed by atoms with Crippen LogP contribution in [0.3, 0.4) is 0 Å². The third-order valence-corrected chi connectivity index (χ3v) is 6.83. The van der Waals surface area contributed by atoms with E-state index in [0.29, 0.717) is 5.56 Å². The van der Waals surface area contributed by atoms with Crippen molar-refractivity contribution in [3.8, 4) is 0 Å². The summed E-state index contributed by atoms with van der Waals surface area (Å²) < 4.78 is 29.2. The molecule has 0 spiro atoms. The molecular formula is C20H26N6O3S. The first-order valence-corrected chi connectivity index (χ1v) is 11.7. The van der Waals surface area contributed by atoms with Crippen molar-refractivity contribution in [1.82, 2.24) is 24.8 Å². The predicted octanol–water partition coefficient (Wildman–Crippen LogP) is 1.38. The molecule has 9 nitrogen and oxygen atoms in total. The number of amidine groups is 1. The lowest BCUT2D eigenvalue weighted by molar-refractivity contribution is -0.123. The van der Waals surface area contributed by atoms with Gasteiger partial charge in [-0.05, 0) is 30.9 Å². The van der Waals surface area contributed by atoms with E-state index in [1.807, 2.05) is 13.8 Å². The molecule has 0 radical (unpaired) electrons. The first-order valence-electron chi connectivity index (χ1n) is 10.3. The van der Waals surface area contributed by atoms with Crippen molar-refractivity contribution in [3.63, 3.8) is 0 Å². The van der Waals surface area contributed by atoms with Gasteiger partial charge in [0.2, 0.25) is 5.91 Å². The summed E-state index contributed by atoms with van der Waals surface area (Å²) in [5, 5.41) is 11.4. The van der Waals surface area contributed by atoms with E-state index in [1.165, 1.54) is 12.5 Å². The zero-order valence-electron chi connectivity index (χ0n) is 17.1. The lowest BCUT2D eigenvalue weighted by Crippen LogP contribution is -2.38. The largest absolute Gasteiger partial charge is 0.347 e. The van der Waals surface area contributed by atoms with Crippen LogP contribution in [-0.4, -0.2) is 41.0 Å². The molecule has 1 amide bonds. The molecule has 2 aromatic rings. The number of hydrogen-bond donors (Lipinski definition) is 2. The zero-order chi connectivity index (χ0) is 21.3. The number of carbonyl (C=O) groups excluding carboxylic acids is 1. The number of aromatic nitrogens is 3. The molecule has 1 atom stereocenters. The predicted molar refractivity (Wildman–Crippen MR) is 111 cm³/mol. The van der Waals surface area contributed by atoms with Gasteiger partial charge in [0, 0.05) is 18.5 Å². The monoisotopic (exact) mass is 430 g/mol. The van der Waals surface area contributed by atoms with E-state index in [2.05, 4.69) is 29.8 Å². The van der Waals surface area contributed by atoms with Crippen molar-refractivity contribution in [2.45, 2.75) is 63.6 Å². The minimum Gasteiger partial charge on any atom is -0.347 e. The molecule has 0 aliphatic carbocycles. The molecule has 2 aliphatic heterocycles. The number of fused-ring (bicyclic) bond motifs is 2. The number of nitrogens with one attached hydrogen (secondary N) is 2. The smallest absolute Gasteiger partial charge is 0.263 e. The van der Waals surface area contributed by atoms with E-state index in [9.17, 15) is 13.2 Å². The number of nitrogens with zero attached hydrogens (tertiary/aromatic N) is 4. The van der Waals surface area contributed by atoms with Gasteiger partial charge in [-0.1, -0.05) is 32.4 Å². The van der Waals surface area contributed by atoms with Crippen molar-refractivity contribution in [1.29, 1.82) is 0 Å².